The number of pyridine rings is 1. The number of hydrogen-bond acceptors (Lipinski definition) is 4. The number of methoxy groups -OCH3 is 1. The van der Waals surface area contributed by atoms with Crippen molar-refractivity contribution in [2.75, 3.05) is 33.8 Å². The molecule has 2 fully saturated rings. The summed E-state index contributed by atoms with van der Waals surface area (Å²) >= 11 is 0. The van der Waals surface area contributed by atoms with Gasteiger partial charge in [-0.05, 0) is 48.9 Å². The molecule has 3 heterocycles. The first-order chi connectivity index (χ1) is 13.5. The Bertz CT molecular complexity index is 927. The Balaban J connectivity index is 1.55. The first-order valence-electron chi connectivity index (χ1n) is 9.94. The maximum atomic E-state index is 12.9. The Morgan fingerprint density at radius 1 is 1.29 bits per heavy atom. The zero-order chi connectivity index (χ0) is 19.8. The van der Waals surface area contributed by atoms with Crippen LogP contribution in [0.15, 0.2) is 24.4 Å². The first-order valence-corrected chi connectivity index (χ1v) is 9.94. The van der Waals surface area contributed by atoms with Gasteiger partial charge in [0.05, 0.1) is 13.0 Å². The van der Waals surface area contributed by atoms with Crippen molar-refractivity contribution in [2.24, 2.45) is 5.92 Å². The van der Waals surface area contributed by atoms with Crippen LogP contribution in [0.25, 0.3) is 10.8 Å². The molecule has 0 aliphatic carbocycles. The van der Waals surface area contributed by atoms with E-state index in [1.165, 1.54) is 0 Å². The van der Waals surface area contributed by atoms with Crippen LogP contribution in [-0.4, -0.2) is 60.4 Å². The average molecular weight is 381 g/mol. The van der Waals surface area contributed by atoms with Crippen molar-refractivity contribution in [2.45, 2.75) is 32.1 Å². The van der Waals surface area contributed by atoms with Crippen molar-refractivity contribution in [1.82, 2.24) is 14.8 Å². The van der Waals surface area contributed by atoms with Crippen molar-refractivity contribution >= 4 is 22.6 Å². The topological polar surface area (TPSA) is 62.7 Å². The van der Waals surface area contributed by atoms with Crippen LogP contribution in [0.2, 0.25) is 0 Å². The number of benzene rings is 1. The van der Waals surface area contributed by atoms with Crippen LogP contribution in [0.3, 0.4) is 0 Å². The summed E-state index contributed by atoms with van der Waals surface area (Å²) in [7, 11) is 3.45. The Hall–Kier alpha value is -2.63. The molecule has 2 aliphatic rings. The number of piperidine rings is 1. The molecule has 0 radical (unpaired) electrons. The van der Waals surface area contributed by atoms with E-state index in [2.05, 4.69) is 13.0 Å². The van der Waals surface area contributed by atoms with Gasteiger partial charge in [-0.3, -0.25) is 14.6 Å². The standard InChI is InChI=1S/C22H27N3O3/c1-14-18-10-19(23-11-15(18)6-7-20(14)28-3)16-5-4-8-25(13-16)22(27)17-9-21(26)24(2)12-17/h6-7,10-11,16-17H,4-5,8-9,12-13H2,1-3H3. The third-order valence-electron chi connectivity index (χ3n) is 6.21. The monoisotopic (exact) mass is 381 g/mol. The second-order valence-electron chi connectivity index (χ2n) is 8.02. The fourth-order valence-electron chi connectivity index (χ4n) is 4.51. The zero-order valence-corrected chi connectivity index (χ0v) is 16.8. The number of carbonyl (C=O) groups is 2. The molecule has 2 aromatic rings. The molecule has 2 amide bonds. The van der Waals surface area contributed by atoms with Gasteiger partial charge in [0.2, 0.25) is 11.8 Å². The number of nitrogens with zero attached hydrogens (tertiary/aromatic N) is 3. The molecule has 0 bridgehead atoms. The van der Waals surface area contributed by atoms with Crippen LogP contribution in [0.1, 0.15) is 36.4 Å². The predicted octanol–water partition coefficient (Wildman–Crippen LogP) is 2.74. The molecule has 28 heavy (non-hydrogen) atoms. The van der Waals surface area contributed by atoms with Crippen molar-refractivity contribution < 1.29 is 14.3 Å². The number of likely N-dealkylation sites (tertiary alicyclic amines) is 2. The highest BCUT2D eigenvalue weighted by atomic mass is 16.5. The van der Waals surface area contributed by atoms with Gasteiger partial charge in [0, 0.05) is 56.3 Å². The van der Waals surface area contributed by atoms with Gasteiger partial charge in [0.1, 0.15) is 5.75 Å². The highest BCUT2D eigenvalue weighted by Crippen LogP contribution is 2.32. The molecule has 1 aromatic carbocycles. The molecule has 4 rings (SSSR count). The third kappa shape index (κ3) is 3.32. The smallest absolute Gasteiger partial charge is 0.228 e. The molecular weight excluding hydrogens is 354 g/mol. The number of fused-ring (bicyclic) bond motifs is 1. The van der Waals surface area contributed by atoms with Crippen molar-refractivity contribution in [1.29, 1.82) is 0 Å². The lowest BCUT2D eigenvalue weighted by Gasteiger charge is -2.34. The van der Waals surface area contributed by atoms with Crippen LogP contribution in [0, 0.1) is 12.8 Å². The Morgan fingerprint density at radius 3 is 2.82 bits per heavy atom. The van der Waals surface area contributed by atoms with Gasteiger partial charge in [-0.1, -0.05) is 0 Å². The maximum absolute atomic E-state index is 12.9. The molecule has 0 spiro atoms. The van der Waals surface area contributed by atoms with E-state index < -0.39 is 0 Å². The van der Waals surface area contributed by atoms with E-state index >= 15 is 0 Å². The summed E-state index contributed by atoms with van der Waals surface area (Å²) in [6.07, 6.45) is 4.24. The molecule has 0 saturated carbocycles. The molecular formula is C22H27N3O3. The summed E-state index contributed by atoms with van der Waals surface area (Å²) in [6.45, 7) is 4.04. The highest BCUT2D eigenvalue weighted by molar-refractivity contribution is 5.89. The van der Waals surface area contributed by atoms with Crippen LogP contribution in [-0.2, 0) is 9.59 Å². The fourth-order valence-corrected chi connectivity index (χ4v) is 4.51. The minimum atomic E-state index is -0.202. The minimum absolute atomic E-state index is 0.0625. The summed E-state index contributed by atoms with van der Waals surface area (Å²) in [5.74, 6) is 1.07. The van der Waals surface area contributed by atoms with E-state index in [9.17, 15) is 9.59 Å². The number of aromatic nitrogens is 1. The molecule has 0 N–H and O–H groups in total. The summed E-state index contributed by atoms with van der Waals surface area (Å²) < 4.78 is 5.46. The summed E-state index contributed by atoms with van der Waals surface area (Å²) in [6, 6.07) is 6.15. The maximum Gasteiger partial charge on any atom is 0.228 e. The van der Waals surface area contributed by atoms with Gasteiger partial charge in [-0.25, -0.2) is 0 Å². The minimum Gasteiger partial charge on any atom is -0.496 e. The van der Waals surface area contributed by atoms with E-state index in [1.54, 1.807) is 19.1 Å². The number of rotatable bonds is 3. The number of ether oxygens (including phenoxy) is 1. The number of carbonyl (C=O) groups excluding carboxylic acids is 2. The second-order valence-corrected chi connectivity index (χ2v) is 8.02. The molecule has 148 valence electrons. The molecule has 1 aromatic heterocycles. The normalized spacial score (nSPS) is 22.8. The number of amides is 2. The SMILES string of the molecule is COc1ccc2cnc(C3CCCN(C(=O)C4CC(=O)N(C)C4)C3)cc2c1C. The van der Waals surface area contributed by atoms with E-state index in [4.69, 9.17) is 9.72 Å². The van der Waals surface area contributed by atoms with Crippen LogP contribution < -0.4 is 4.74 Å². The predicted molar refractivity (Wildman–Crippen MR) is 107 cm³/mol. The van der Waals surface area contributed by atoms with Crippen molar-refractivity contribution in [3.8, 4) is 5.75 Å². The molecule has 2 atom stereocenters. The van der Waals surface area contributed by atoms with Crippen molar-refractivity contribution in [3.63, 3.8) is 0 Å². The van der Waals surface area contributed by atoms with Crippen LogP contribution in [0.5, 0.6) is 5.75 Å². The van der Waals surface area contributed by atoms with E-state index in [-0.39, 0.29) is 23.7 Å². The van der Waals surface area contributed by atoms with Gasteiger partial charge < -0.3 is 14.5 Å². The molecule has 6 heteroatoms. The Morgan fingerprint density at radius 2 is 2.11 bits per heavy atom. The van der Waals surface area contributed by atoms with Crippen molar-refractivity contribution in [3.05, 3.63) is 35.7 Å². The van der Waals surface area contributed by atoms with E-state index in [0.717, 1.165) is 47.2 Å². The van der Waals surface area contributed by atoms with E-state index in [1.807, 2.05) is 23.2 Å². The zero-order valence-electron chi connectivity index (χ0n) is 16.8. The summed E-state index contributed by atoms with van der Waals surface area (Å²) in [5.41, 5.74) is 2.14. The van der Waals surface area contributed by atoms with Crippen LogP contribution in [0.4, 0.5) is 0 Å². The average Bonchev–Trinajstić information content (AvgIpc) is 3.06. The molecule has 6 nitrogen and oxygen atoms in total. The van der Waals surface area contributed by atoms with Gasteiger partial charge in [-0.15, -0.1) is 0 Å². The molecule has 2 aliphatic heterocycles. The number of hydrogen-bond donors (Lipinski definition) is 0. The highest BCUT2D eigenvalue weighted by Gasteiger charge is 2.36. The lowest BCUT2D eigenvalue weighted by molar-refractivity contribution is -0.137. The second kappa shape index (κ2) is 7.41. The molecule has 2 saturated heterocycles. The Labute approximate surface area is 165 Å². The Kier molecular flexibility index (Phi) is 4.96. The van der Waals surface area contributed by atoms with E-state index in [0.29, 0.717) is 19.5 Å². The quantitative estimate of drug-likeness (QED) is 0.820. The number of aryl methyl sites for hydroxylation is 1. The van der Waals surface area contributed by atoms with Gasteiger partial charge in [0.25, 0.3) is 0 Å². The van der Waals surface area contributed by atoms with Crippen LogP contribution >= 0.6 is 0 Å². The lowest BCUT2D eigenvalue weighted by Crippen LogP contribution is -2.43. The first kappa shape index (κ1) is 18.7. The fraction of sp³-hybridized carbons (Fsp3) is 0.500. The summed E-state index contributed by atoms with van der Waals surface area (Å²) in [5, 5.41) is 2.24. The van der Waals surface area contributed by atoms with Gasteiger partial charge >= 0.3 is 0 Å². The largest absolute Gasteiger partial charge is 0.496 e. The van der Waals surface area contributed by atoms with Gasteiger partial charge in [-0.2, -0.15) is 0 Å². The molecule has 2 unspecified atom stereocenters. The van der Waals surface area contributed by atoms with Gasteiger partial charge in [0.15, 0.2) is 0 Å². The lowest BCUT2D eigenvalue weighted by atomic mass is 9.91. The third-order valence-corrected chi connectivity index (χ3v) is 6.21. The summed E-state index contributed by atoms with van der Waals surface area (Å²) in [4.78, 5) is 33.0.